The van der Waals surface area contributed by atoms with Gasteiger partial charge in [-0.1, -0.05) is 0 Å². The van der Waals surface area contributed by atoms with Crippen LogP contribution in [0.5, 0.6) is 0 Å². The van der Waals surface area contributed by atoms with Crippen molar-refractivity contribution in [3.05, 3.63) is 39.9 Å². The molecule has 0 radical (unpaired) electrons. The third-order valence-corrected chi connectivity index (χ3v) is 3.34. The molecule has 1 aromatic carbocycles. The van der Waals surface area contributed by atoms with E-state index in [-0.39, 0.29) is 23.6 Å². The molecule has 1 aliphatic rings. The highest BCUT2D eigenvalue weighted by Gasteiger charge is 2.28. The van der Waals surface area contributed by atoms with E-state index in [1.54, 1.807) is 0 Å². The number of hydrogen-bond acceptors (Lipinski definition) is 4. The summed E-state index contributed by atoms with van der Waals surface area (Å²) in [5, 5.41) is 22.3. The van der Waals surface area contributed by atoms with Gasteiger partial charge < -0.3 is 5.32 Å². The van der Waals surface area contributed by atoms with Gasteiger partial charge >= 0.3 is 0 Å². The molecule has 6 heteroatoms. The number of benzene rings is 1. The molecule has 98 valence electrons. The lowest BCUT2D eigenvalue weighted by Gasteiger charge is -2.15. The number of carbonyl (C=O) groups excluding carboxylic acids is 1. The van der Waals surface area contributed by atoms with E-state index in [1.807, 2.05) is 0 Å². The fourth-order valence-electron chi connectivity index (χ4n) is 2.27. The Morgan fingerprint density at radius 2 is 2.05 bits per heavy atom. The molecule has 0 unspecified atom stereocenters. The van der Waals surface area contributed by atoms with Crippen LogP contribution in [0.3, 0.4) is 0 Å². The standard InChI is InChI=1S/C13H13N3O3/c14-8-10-2-1-3-12(10)15-13(17)9-4-6-11(7-5-9)16(18)19/h4-7,10,12H,1-3H2,(H,15,17)/t10-,12+/m0/s1. The lowest BCUT2D eigenvalue weighted by molar-refractivity contribution is -0.384. The lowest BCUT2D eigenvalue weighted by atomic mass is 10.1. The van der Waals surface area contributed by atoms with Crippen molar-refractivity contribution >= 4 is 11.6 Å². The van der Waals surface area contributed by atoms with Crippen molar-refractivity contribution in [2.24, 2.45) is 5.92 Å². The summed E-state index contributed by atoms with van der Waals surface area (Å²) in [6.45, 7) is 0. The van der Waals surface area contributed by atoms with E-state index in [0.29, 0.717) is 5.56 Å². The number of non-ortho nitro benzene ring substituents is 1. The van der Waals surface area contributed by atoms with Gasteiger partial charge in [-0.25, -0.2) is 0 Å². The zero-order valence-electron chi connectivity index (χ0n) is 10.2. The summed E-state index contributed by atoms with van der Waals surface area (Å²) in [5.41, 5.74) is 0.321. The number of carbonyl (C=O) groups is 1. The molecular formula is C13H13N3O3. The summed E-state index contributed by atoms with van der Waals surface area (Å²) in [6.07, 6.45) is 2.54. The second-order valence-electron chi connectivity index (χ2n) is 4.55. The maximum atomic E-state index is 12.0. The smallest absolute Gasteiger partial charge is 0.269 e. The summed E-state index contributed by atoms with van der Waals surface area (Å²) >= 11 is 0. The van der Waals surface area contributed by atoms with E-state index >= 15 is 0 Å². The summed E-state index contributed by atoms with van der Waals surface area (Å²) < 4.78 is 0. The van der Waals surface area contributed by atoms with Crippen molar-refractivity contribution in [2.45, 2.75) is 25.3 Å². The van der Waals surface area contributed by atoms with Crippen LogP contribution in [0.1, 0.15) is 29.6 Å². The van der Waals surface area contributed by atoms with Gasteiger partial charge in [0.15, 0.2) is 0 Å². The Morgan fingerprint density at radius 3 is 2.63 bits per heavy atom. The monoisotopic (exact) mass is 259 g/mol. The fourth-order valence-corrected chi connectivity index (χ4v) is 2.27. The quantitative estimate of drug-likeness (QED) is 0.663. The molecule has 1 fully saturated rings. The molecule has 1 amide bonds. The molecule has 6 nitrogen and oxygen atoms in total. The first-order valence-corrected chi connectivity index (χ1v) is 6.07. The third kappa shape index (κ3) is 2.88. The van der Waals surface area contributed by atoms with E-state index in [4.69, 9.17) is 5.26 Å². The van der Waals surface area contributed by atoms with Crippen molar-refractivity contribution in [3.63, 3.8) is 0 Å². The van der Waals surface area contributed by atoms with Gasteiger partial charge in [-0.2, -0.15) is 5.26 Å². The van der Waals surface area contributed by atoms with E-state index < -0.39 is 4.92 Å². The summed E-state index contributed by atoms with van der Waals surface area (Å²) in [7, 11) is 0. The minimum atomic E-state index is -0.510. The number of nitro benzene ring substituents is 1. The Morgan fingerprint density at radius 1 is 1.37 bits per heavy atom. The van der Waals surface area contributed by atoms with E-state index in [0.717, 1.165) is 19.3 Å². The molecule has 0 aromatic heterocycles. The SMILES string of the molecule is N#C[C@@H]1CCC[C@H]1NC(=O)c1ccc([N+](=O)[O-])cc1. The van der Waals surface area contributed by atoms with Gasteiger partial charge in [0.1, 0.15) is 0 Å². The number of nitriles is 1. The topological polar surface area (TPSA) is 96.0 Å². The van der Waals surface area contributed by atoms with E-state index in [2.05, 4.69) is 11.4 Å². The van der Waals surface area contributed by atoms with E-state index in [1.165, 1.54) is 24.3 Å². The van der Waals surface area contributed by atoms with Crippen LogP contribution >= 0.6 is 0 Å². The number of rotatable bonds is 3. The zero-order valence-corrected chi connectivity index (χ0v) is 10.2. The van der Waals surface area contributed by atoms with Gasteiger partial charge in [-0.15, -0.1) is 0 Å². The maximum Gasteiger partial charge on any atom is 0.269 e. The normalized spacial score (nSPS) is 21.6. The summed E-state index contributed by atoms with van der Waals surface area (Å²) in [5.74, 6) is -0.427. The Hall–Kier alpha value is -2.42. The molecule has 1 aliphatic carbocycles. The first-order chi connectivity index (χ1) is 9.11. The molecule has 1 N–H and O–H groups in total. The largest absolute Gasteiger partial charge is 0.348 e. The van der Waals surface area contributed by atoms with Crippen molar-refractivity contribution in [3.8, 4) is 6.07 Å². The molecule has 2 atom stereocenters. The Kier molecular flexibility index (Phi) is 3.76. The first kappa shape index (κ1) is 13.0. The van der Waals surface area contributed by atoms with E-state index in [9.17, 15) is 14.9 Å². The van der Waals surface area contributed by atoms with Crippen molar-refractivity contribution in [1.29, 1.82) is 5.26 Å². The molecule has 0 heterocycles. The zero-order chi connectivity index (χ0) is 13.8. The van der Waals surface area contributed by atoms with Crippen LogP contribution in [0.4, 0.5) is 5.69 Å². The number of nitrogens with one attached hydrogen (secondary N) is 1. The van der Waals surface area contributed by atoms with Crippen molar-refractivity contribution in [2.75, 3.05) is 0 Å². The molecule has 1 saturated carbocycles. The van der Waals surface area contributed by atoms with Crippen LogP contribution in [-0.4, -0.2) is 16.9 Å². The maximum absolute atomic E-state index is 12.0. The van der Waals surface area contributed by atoms with Gasteiger partial charge in [-0.05, 0) is 31.4 Å². The highest BCUT2D eigenvalue weighted by Crippen LogP contribution is 2.25. The minimum Gasteiger partial charge on any atom is -0.348 e. The van der Waals surface area contributed by atoms with Crippen LogP contribution in [-0.2, 0) is 0 Å². The second-order valence-corrected chi connectivity index (χ2v) is 4.55. The number of nitro groups is 1. The number of nitrogens with zero attached hydrogens (tertiary/aromatic N) is 2. The van der Waals surface area contributed by atoms with Crippen LogP contribution in [0.25, 0.3) is 0 Å². The van der Waals surface area contributed by atoms with Gasteiger partial charge in [0.25, 0.3) is 11.6 Å². The van der Waals surface area contributed by atoms with Crippen LogP contribution in [0.2, 0.25) is 0 Å². The van der Waals surface area contributed by atoms with Gasteiger partial charge in [0, 0.05) is 23.7 Å². The predicted octanol–water partition coefficient (Wildman–Crippen LogP) is 2.02. The number of hydrogen-bond donors (Lipinski definition) is 1. The van der Waals surface area contributed by atoms with Gasteiger partial charge in [0.05, 0.1) is 16.9 Å². The highest BCUT2D eigenvalue weighted by atomic mass is 16.6. The predicted molar refractivity (Wildman–Crippen MR) is 67.3 cm³/mol. The van der Waals surface area contributed by atoms with Gasteiger partial charge in [-0.3, -0.25) is 14.9 Å². The average molecular weight is 259 g/mol. The molecule has 0 bridgehead atoms. The minimum absolute atomic E-state index is 0.0488. The first-order valence-electron chi connectivity index (χ1n) is 6.07. The molecule has 1 aromatic rings. The molecule has 0 saturated heterocycles. The molecule has 0 spiro atoms. The molecular weight excluding hydrogens is 246 g/mol. The highest BCUT2D eigenvalue weighted by molar-refractivity contribution is 5.94. The van der Waals surface area contributed by atoms with Crippen LogP contribution in [0, 0.1) is 27.4 Å². The molecule has 0 aliphatic heterocycles. The Balaban J connectivity index is 2.04. The third-order valence-electron chi connectivity index (χ3n) is 3.34. The van der Waals surface area contributed by atoms with Crippen molar-refractivity contribution in [1.82, 2.24) is 5.32 Å². The molecule has 2 rings (SSSR count). The molecule has 19 heavy (non-hydrogen) atoms. The summed E-state index contributed by atoms with van der Waals surface area (Å²) in [4.78, 5) is 22.0. The fraction of sp³-hybridized carbons (Fsp3) is 0.385. The Labute approximate surface area is 110 Å². The van der Waals surface area contributed by atoms with Crippen LogP contribution < -0.4 is 5.32 Å². The summed E-state index contributed by atoms with van der Waals surface area (Å²) in [6, 6.07) is 7.51. The van der Waals surface area contributed by atoms with Crippen LogP contribution in [0.15, 0.2) is 24.3 Å². The number of amides is 1. The lowest BCUT2D eigenvalue weighted by Crippen LogP contribution is -2.36. The average Bonchev–Trinajstić information content (AvgIpc) is 2.86. The van der Waals surface area contributed by atoms with Gasteiger partial charge in [0.2, 0.25) is 0 Å². The second kappa shape index (κ2) is 5.48. The van der Waals surface area contributed by atoms with Crippen molar-refractivity contribution < 1.29 is 9.72 Å². The Bertz CT molecular complexity index is 533.